The molecule has 0 N–H and O–H groups in total. The first-order chi connectivity index (χ1) is 6.02. The molecule has 2 atom stereocenters. The first-order valence-corrected chi connectivity index (χ1v) is 5.68. The highest BCUT2D eigenvalue weighted by molar-refractivity contribution is 8.01. The number of hydrogen-bond acceptors (Lipinski definition) is 3. The van der Waals surface area contributed by atoms with Gasteiger partial charge in [0.25, 0.3) is 0 Å². The van der Waals surface area contributed by atoms with Crippen LogP contribution < -0.4 is 0 Å². The van der Waals surface area contributed by atoms with Crippen LogP contribution in [0.5, 0.6) is 0 Å². The molecular weight excluding hydrogens is 184 g/mol. The van der Waals surface area contributed by atoms with Gasteiger partial charge < -0.3 is 0 Å². The van der Waals surface area contributed by atoms with Gasteiger partial charge in [0.15, 0.2) is 0 Å². The highest BCUT2D eigenvalue weighted by Gasteiger charge is 2.18. The summed E-state index contributed by atoms with van der Waals surface area (Å²) in [6, 6.07) is 0. The summed E-state index contributed by atoms with van der Waals surface area (Å²) >= 11 is 1.47. The predicted molar refractivity (Wildman–Crippen MR) is 57.1 cm³/mol. The van der Waals surface area contributed by atoms with Crippen molar-refractivity contribution in [3.8, 4) is 0 Å². The second kappa shape index (κ2) is 6.19. The van der Waals surface area contributed by atoms with Gasteiger partial charge in [0.1, 0.15) is 11.6 Å². The Labute approximate surface area is 84.5 Å². The van der Waals surface area contributed by atoms with E-state index >= 15 is 0 Å². The summed E-state index contributed by atoms with van der Waals surface area (Å²) in [5, 5.41) is -0.0917. The van der Waals surface area contributed by atoms with Crippen LogP contribution in [0.15, 0.2) is 0 Å². The van der Waals surface area contributed by atoms with E-state index in [4.69, 9.17) is 0 Å². The second-order valence-corrected chi connectivity index (χ2v) is 4.75. The van der Waals surface area contributed by atoms with Crippen LogP contribution in [-0.2, 0) is 9.59 Å². The van der Waals surface area contributed by atoms with Crippen molar-refractivity contribution >= 4 is 23.3 Å². The lowest BCUT2D eigenvalue weighted by molar-refractivity contribution is -0.118. The Kier molecular flexibility index (Phi) is 6.04. The Balaban J connectivity index is 3.98. The molecule has 0 saturated carbocycles. The molecular formula is C10H18O2S. The zero-order valence-corrected chi connectivity index (χ0v) is 9.61. The average Bonchev–Trinajstić information content (AvgIpc) is 2.14. The quantitative estimate of drug-likeness (QED) is 0.663. The Morgan fingerprint density at radius 3 is 1.54 bits per heavy atom. The van der Waals surface area contributed by atoms with Gasteiger partial charge in [-0.15, -0.1) is 11.8 Å². The van der Waals surface area contributed by atoms with Gasteiger partial charge in [-0.3, -0.25) is 9.59 Å². The second-order valence-electron chi connectivity index (χ2n) is 3.06. The SMILES string of the molecule is CCC(=O)C(C)SC(C)C(=O)CC. The van der Waals surface area contributed by atoms with Crippen molar-refractivity contribution in [2.45, 2.75) is 51.0 Å². The molecule has 0 bridgehead atoms. The average molecular weight is 202 g/mol. The number of hydrogen-bond donors (Lipinski definition) is 0. The molecule has 0 fully saturated rings. The molecule has 0 rings (SSSR count). The van der Waals surface area contributed by atoms with E-state index in [1.54, 1.807) is 0 Å². The van der Waals surface area contributed by atoms with Crippen LogP contribution in [-0.4, -0.2) is 22.1 Å². The van der Waals surface area contributed by atoms with Crippen LogP contribution in [0.3, 0.4) is 0 Å². The Hall–Kier alpha value is -0.310. The van der Waals surface area contributed by atoms with Gasteiger partial charge in [-0.25, -0.2) is 0 Å². The van der Waals surface area contributed by atoms with E-state index in [0.29, 0.717) is 12.8 Å². The summed E-state index contributed by atoms with van der Waals surface area (Å²) in [5.41, 5.74) is 0. The molecule has 0 aromatic heterocycles. The van der Waals surface area contributed by atoms with Crippen molar-refractivity contribution in [3.63, 3.8) is 0 Å². The smallest absolute Gasteiger partial charge is 0.145 e. The zero-order chi connectivity index (χ0) is 10.4. The minimum Gasteiger partial charge on any atom is -0.298 e. The fourth-order valence-electron chi connectivity index (χ4n) is 1.03. The van der Waals surface area contributed by atoms with Crippen molar-refractivity contribution in [3.05, 3.63) is 0 Å². The van der Waals surface area contributed by atoms with E-state index in [2.05, 4.69) is 0 Å². The lowest BCUT2D eigenvalue weighted by Crippen LogP contribution is -2.20. The largest absolute Gasteiger partial charge is 0.298 e. The Morgan fingerprint density at radius 2 is 1.31 bits per heavy atom. The zero-order valence-electron chi connectivity index (χ0n) is 8.79. The van der Waals surface area contributed by atoms with Gasteiger partial charge in [-0.2, -0.15) is 0 Å². The van der Waals surface area contributed by atoms with E-state index < -0.39 is 0 Å². The highest BCUT2D eigenvalue weighted by atomic mass is 32.2. The third-order valence-electron chi connectivity index (χ3n) is 2.01. The van der Waals surface area contributed by atoms with Crippen LogP contribution >= 0.6 is 11.8 Å². The molecule has 2 nitrogen and oxygen atoms in total. The number of carbonyl (C=O) groups excluding carboxylic acids is 2. The molecule has 76 valence electrons. The van der Waals surface area contributed by atoms with Crippen LogP contribution in [0, 0.1) is 0 Å². The minimum absolute atomic E-state index is 0.0458. The predicted octanol–water partition coefficient (Wildman–Crippen LogP) is 2.45. The first-order valence-electron chi connectivity index (χ1n) is 4.73. The standard InChI is InChI=1S/C10H18O2S/c1-5-9(11)7(3)13-8(4)10(12)6-2/h7-8H,5-6H2,1-4H3. The summed E-state index contributed by atoms with van der Waals surface area (Å²) in [6.45, 7) is 7.45. The van der Waals surface area contributed by atoms with E-state index in [1.165, 1.54) is 11.8 Å². The van der Waals surface area contributed by atoms with Gasteiger partial charge >= 0.3 is 0 Å². The van der Waals surface area contributed by atoms with Crippen molar-refractivity contribution < 1.29 is 9.59 Å². The Morgan fingerprint density at radius 1 is 1.00 bits per heavy atom. The molecule has 0 aliphatic rings. The maximum absolute atomic E-state index is 11.2. The minimum atomic E-state index is -0.0458. The molecule has 13 heavy (non-hydrogen) atoms. The lowest BCUT2D eigenvalue weighted by atomic mass is 10.2. The van der Waals surface area contributed by atoms with Crippen molar-refractivity contribution in [1.82, 2.24) is 0 Å². The van der Waals surface area contributed by atoms with Gasteiger partial charge in [0.2, 0.25) is 0 Å². The normalized spacial score (nSPS) is 15.1. The number of thioether (sulfide) groups is 1. The summed E-state index contributed by atoms with van der Waals surface area (Å²) in [7, 11) is 0. The van der Waals surface area contributed by atoms with Gasteiger partial charge in [-0.1, -0.05) is 13.8 Å². The molecule has 0 saturated heterocycles. The maximum Gasteiger partial charge on any atom is 0.145 e. The topological polar surface area (TPSA) is 34.1 Å². The molecule has 0 heterocycles. The van der Waals surface area contributed by atoms with E-state index in [0.717, 1.165) is 0 Å². The summed E-state index contributed by atoms with van der Waals surface area (Å²) in [6.07, 6.45) is 1.11. The van der Waals surface area contributed by atoms with Crippen LogP contribution in [0.1, 0.15) is 40.5 Å². The fourth-order valence-corrected chi connectivity index (χ4v) is 2.28. The Bertz CT molecular complexity index is 169. The third kappa shape index (κ3) is 4.46. The fraction of sp³-hybridized carbons (Fsp3) is 0.800. The summed E-state index contributed by atoms with van der Waals surface area (Å²) in [5.74, 6) is 0.446. The number of carbonyl (C=O) groups is 2. The van der Waals surface area contributed by atoms with E-state index in [1.807, 2.05) is 27.7 Å². The van der Waals surface area contributed by atoms with Crippen LogP contribution in [0.4, 0.5) is 0 Å². The molecule has 0 aromatic rings. The maximum atomic E-state index is 11.2. The van der Waals surface area contributed by atoms with E-state index in [-0.39, 0.29) is 22.1 Å². The first kappa shape index (κ1) is 12.7. The van der Waals surface area contributed by atoms with Gasteiger partial charge in [-0.05, 0) is 13.8 Å². The third-order valence-corrected chi connectivity index (χ3v) is 3.35. The van der Waals surface area contributed by atoms with Gasteiger partial charge in [0, 0.05) is 12.8 Å². The van der Waals surface area contributed by atoms with Crippen LogP contribution in [0.25, 0.3) is 0 Å². The molecule has 0 spiro atoms. The highest BCUT2D eigenvalue weighted by Crippen LogP contribution is 2.20. The summed E-state index contributed by atoms with van der Waals surface area (Å²) in [4.78, 5) is 22.5. The molecule has 3 heteroatoms. The lowest BCUT2D eigenvalue weighted by Gasteiger charge is -2.13. The monoisotopic (exact) mass is 202 g/mol. The van der Waals surface area contributed by atoms with Crippen molar-refractivity contribution in [2.75, 3.05) is 0 Å². The molecule has 0 amide bonds. The number of Topliss-reactive ketones (excluding diaryl/α,β-unsaturated/α-hetero) is 2. The molecule has 0 aliphatic carbocycles. The van der Waals surface area contributed by atoms with Crippen molar-refractivity contribution in [1.29, 1.82) is 0 Å². The molecule has 0 radical (unpaired) electrons. The number of rotatable bonds is 6. The number of ketones is 2. The summed E-state index contributed by atoms with van der Waals surface area (Å²) < 4.78 is 0. The molecule has 0 aliphatic heterocycles. The van der Waals surface area contributed by atoms with Gasteiger partial charge in [0.05, 0.1) is 10.5 Å². The van der Waals surface area contributed by atoms with Crippen molar-refractivity contribution in [2.24, 2.45) is 0 Å². The van der Waals surface area contributed by atoms with Crippen LogP contribution in [0.2, 0.25) is 0 Å². The van der Waals surface area contributed by atoms with E-state index in [9.17, 15) is 9.59 Å². The molecule has 2 unspecified atom stereocenters. The molecule has 0 aromatic carbocycles.